The van der Waals surface area contributed by atoms with Gasteiger partial charge in [-0.15, -0.1) is 0 Å². The zero-order chi connectivity index (χ0) is 21.5. The highest BCUT2D eigenvalue weighted by atomic mass is 16.5. The van der Waals surface area contributed by atoms with Crippen molar-refractivity contribution < 1.29 is 14.6 Å². The van der Waals surface area contributed by atoms with Gasteiger partial charge in [0.15, 0.2) is 0 Å². The Hall–Kier alpha value is -3.68. The number of carbonyl (C=O) groups excluding carboxylic acids is 1. The molecule has 7 nitrogen and oxygen atoms in total. The zero-order valence-electron chi connectivity index (χ0n) is 16.9. The Morgan fingerprint density at radius 3 is 2.58 bits per heavy atom. The van der Waals surface area contributed by atoms with Crippen LogP contribution in [0.3, 0.4) is 0 Å². The number of benzene rings is 3. The predicted molar refractivity (Wildman–Crippen MR) is 118 cm³/mol. The summed E-state index contributed by atoms with van der Waals surface area (Å²) in [7, 11) is 0. The van der Waals surface area contributed by atoms with E-state index in [1.54, 1.807) is 24.3 Å². The monoisotopic (exact) mass is 416 g/mol. The van der Waals surface area contributed by atoms with Crippen molar-refractivity contribution in [2.45, 2.75) is 25.1 Å². The fourth-order valence-electron chi connectivity index (χ4n) is 3.38. The van der Waals surface area contributed by atoms with Crippen LogP contribution in [0.2, 0.25) is 0 Å². The molecule has 0 saturated carbocycles. The molecule has 3 aromatic carbocycles. The van der Waals surface area contributed by atoms with Crippen LogP contribution >= 0.6 is 0 Å². The predicted octanol–water partition coefficient (Wildman–Crippen LogP) is 3.03. The van der Waals surface area contributed by atoms with Crippen molar-refractivity contribution in [3.8, 4) is 11.5 Å². The van der Waals surface area contributed by atoms with Gasteiger partial charge in [0.1, 0.15) is 24.1 Å². The van der Waals surface area contributed by atoms with Crippen molar-refractivity contribution in [1.82, 2.24) is 16.3 Å². The molecule has 2 unspecified atom stereocenters. The summed E-state index contributed by atoms with van der Waals surface area (Å²) >= 11 is 0. The molecular weight excluding hydrogens is 392 g/mol. The fraction of sp³-hybridized carbons (Fsp3) is 0.167. The molecule has 0 aromatic heterocycles. The summed E-state index contributed by atoms with van der Waals surface area (Å²) in [4.78, 5) is 12.5. The second-order valence-corrected chi connectivity index (χ2v) is 7.27. The third-order valence-electron chi connectivity index (χ3n) is 5.03. The van der Waals surface area contributed by atoms with E-state index in [4.69, 9.17) is 4.74 Å². The van der Waals surface area contributed by atoms with Gasteiger partial charge < -0.3 is 9.84 Å². The molecule has 4 rings (SSSR count). The van der Waals surface area contributed by atoms with Crippen LogP contribution in [0.4, 0.5) is 0 Å². The Balaban J connectivity index is 1.34. The van der Waals surface area contributed by atoms with Crippen molar-refractivity contribution in [2.24, 2.45) is 5.10 Å². The summed E-state index contributed by atoms with van der Waals surface area (Å²) in [6.07, 6.45) is 2.09. The van der Waals surface area contributed by atoms with Crippen LogP contribution in [-0.4, -0.2) is 23.3 Å². The number of phenols is 1. The molecular formula is C24H24N4O3. The molecule has 31 heavy (non-hydrogen) atoms. The number of phenolic OH excluding ortho intramolecular Hbond substituents is 1. The molecule has 0 bridgehead atoms. The van der Waals surface area contributed by atoms with E-state index in [0.29, 0.717) is 13.0 Å². The lowest BCUT2D eigenvalue weighted by molar-refractivity contribution is -0.122. The molecule has 0 aliphatic carbocycles. The van der Waals surface area contributed by atoms with Gasteiger partial charge in [-0.1, -0.05) is 48.5 Å². The van der Waals surface area contributed by atoms with E-state index in [9.17, 15) is 9.90 Å². The first-order valence-corrected chi connectivity index (χ1v) is 10.1. The Bertz CT molecular complexity index is 1040. The lowest BCUT2D eigenvalue weighted by Crippen LogP contribution is -2.41. The Morgan fingerprint density at radius 2 is 1.77 bits per heavy atom. The van der Waals surface area contributed by atoms with E-state index >= 15 is 0 Å². The van der Waals surface area contributed by atoms with E-state index in [-0.39, 0.29) is 17.7 Å². The second kappa shape index (κ2) is 9.88. The maximum Gasteiger partial charge on any atom is 0.258 e. The number of rotatable bonds is 7. The average Bonchev–Trinajstić information content (AvgIpc) is 3.30. The van der Waals surface area contributed by atoms with E-state index in [1.807, 2.05) is 54.6 Å². The van der Waals surface area contributed by atoms with Crippen LogP contribution in [0, 0.1) is 0 Å². The quantitative estimate of drug-likeness (QED) is 0.351. The zero-order valence-corrected chi connectivity index (χ0v) is 16.9. The highest BCUT2D eigenvalue weighted by Crippen LogP contribution is 2.30. The van der Waals surface area contributed by atoms with Gasteiger partial charge in [-0.3, -0.25) is 4.79 Å². The van der Waals surface area contributed by atoms with E-state index in [1.165, 1.54) is 6.21 Å². The van der Waals surface area contributed by atoms with Crippen LogP contribution in [0.1, 0.15) is 29.2 Å². The van der Waals surface area contributed by atoms with Gasteiger partial charge in [-0.25, -0.2) is 16.3 Å². The normalized spacial score (nSPS) is 18.2. The van der Waals surface area contributed by atoms with Gasteiger partial charge in [0.05, 0.1) is 12.3 Å². The summed E-state index contributed by atoms with van der Waals surface area (Å²) in [6, 6.07) is 23.9. The minimum absolute atomic E-state index is 0.0659. The first-order chi connectivity index (χ1) is 15.2. The Labute approximate surface area is 180 Å². The number of para-hydroxylation sites is 1. The van der Waals surface area contributed by atoms with Gasteiger partial charge in [0, 0.05) is 5.56 Å². The van der Waals surface area contributed by atoms with Crippen molar-refractivity contribution in [2.75, 3.05) is 0 Å². The van der Waals surface area contributed by atoms with E-state index < -0.39 is 6.04 Å². The fourth-order valence-corrected chi connectivity index (χ4v) is 3.38. The smallest absolute Gasteiger partial charge is 0.258 e. The third kappa shape index (κ3) is 5.48. The molecule has 158 valence electrons. The summed E-state index contributed by atoms with van der Waals surface area (Å²) < 4.78 is 6.04. The summed E-state index contributed by atoms with van der Waals surface area (Å²) in [5.74, 6) is 0.742. The van der Waals surface area contributed by atoms with E-state index in [0.717, 1.165) is 22.4 Å². The molecule has 0 spiro atoms. The van der Waals surface area contributed by atoms with Crippen molar-refractivity contribution in [1.29, 1.82) is 0 Å². The third-order valence-corrected chi connectivity index (χ3v) is 5.03. The van der Waals surface area contributed by atoms with Gasteiger partial charge >= 0.3 is 0 Å². The lowest BCUT2D eigenvalue weighted by Gasteiger charge is -2.16. The number of carbonyl (C=O) groups is 1. The number of aromatic hydroxyl groups is 1. The number of nitrogens with one attached hydrogen (secondary N) is 3. The summed E-state index contributed by atoms with van der Waals surface area (Å²) in [5.41, 5.74) is 11.6. The summed E-state index contributed by atoms with van der Waals surface area (Å²) in [6.45, 7) is 0.480. The minimum atomic E-state index is -0.427. The second-order valence-electron chi connectivity index (χ2n) is 7.27. The van der Waals surface area contributed by atoms with Gasteiger partial charge in [0.2, 0.25) is 0 Å². The molecule has 1 aliphatic heterocycles. The number of hydrazone groups is 1. The van der Waals surface area contributed by atoms with Crippen LogP contribution < -0.4 is 21.0 Å². The molecule has 3 aromatic rings. The number of nitrogens with zero attached hydrogens (tertiary/aromatic N) is 1. The molecule has 0 radical (unpaired) electrons. The van der Waals surface area contributed by atoms with Crippen LogP contribution in [0.25, 0.3) is 0 Å². The molecule has 1 aliphatic rings. The Kier molecular flexibility index (Phi) is 6.56. The van der Waals surface area contributed by atoms with E-state index in [2.05, 4.69) is 21.4 Å². The minimum Gasteiger partial charge on any atom is -0.508 e. The molecule has 1 amide bonds. The highest BCUT2D eigenvalue weighted by Gasteiger charge is 2.31. The molecule has 2 atom stereocenters. The van der Waals surface area contributed by atoms with Crippen LogP contribution in [0.15, 0.2) is 84.0 Å². The van der Waals surface area contributed by atoms with Crippen molar-refractivity contribution >= 4 is 12.1 Å². The highest BCUT2D eigenvalue weighted by molar-refractivity contribution is 5.85. The average molecular weight is 416 g/mol. The van der Waals surface area contributed by atoms with Gasteiger partial charge in [0.25, 0.3) is 5.91 Å². The largest absolute Gasteiger partial charge is 0.508 e. The van der Waals surface area contributed by atoms with Crippen LogP contribution in [0.5, 0.6) is 11.5 Å². The number of hydrogen-bond acceptors (Lipinski definition) is 6. The maximum atomic E-state index is 12.5. The Morgan fingerprint density at radius 1 is 1.03 bits per heavy atom. The molecule has 1 fully saturated rings. The van der Waals surface area contributed by atoms with Gasteiger partial charge in [-0.05, 0) is 47.9 Å². The first-order valence-electron chi connectivity index (χ1n) is 10.1. The van der Waals surface area contributed by atoms with Crippen molar-refractivity contribution in [3.63, 3.8) is 0 Å². The number of hydrogen-bond donors (Lipinski definition) is 4. The molecule has 7 heteroatoms. The number of hydrazine groups is 1. The van der Waals surface area contributed by atoms with Gasteiger partial charge in [-0.2, -0.15) is 5.10 Å². The first kappa shape index (κ1) is 20.6. The van der Waals surface area contributed by atoms with Crippen LogP contribution in [-0.2, 0) is 11.4 Å². The molecule has 1 heterocycles. The summed E-state index contributed by atoms with van der Waals surface area (Å²) in [5, 5.41) is 13.3. The SMILES string of the molecule is O=C(N/N=C/c1ccc(O)cc1)C1CC(c2ccccc2OCc2ccccc2)NN1. The van der Waals surface area contributed by atoms with Crippen molar-refractivity contribution in [3.05, 3.63) is 95.6 Å². The number of amides is 1. The molecule has 1 saturated heterocycles. The maximum absolute atomic E-state index is 12.5. The topological polar surface area (TPSA) is 95.0 Å². The standard InChI is InChI=1S/C24H24N4O3/c29-19-12-10-17(11-13-19)15-25-28-24(30)22-14-21(26-27-22)20-8-4-5-9-23(20)31-16-18-6-2-1-3-7-18/h1-13,15,21-22,26-27,29H,14,16H2,(H,28,30)/b25-15+. The number of ether oxygens (including phenoxy) is 1. The molecule has 4 N–H and O–H groups in total. The lowest BCUT2D eigenvalue weighted by atomic mass is 10.0.